The van der Waals surface area contributed by atoms with Crippen LogP contribution in [0.3, 0.4) is 0 Å². The van der Waals surface area contributed by atoms with Crippen LogP contribution in [-0.2, 0) is 6.42 Å². The second-order valence-corrected chi connectivity index (χ2v) is 7.12. The number of hydrogen-bond donors (Lipinski definition) is 1. The van der Waals surface area contributed by atoms with Crippen LogP contribution >= 0.6 is 11.8 Å². The molecule has 1 N–H and O–H groups in total. The molecule has 0 bridgehead atoms. The van der Waals surface area contributed by atoms with Gasteiger partial charge < -0.3 is 10.1 Å². The lowest BCUT2D eigenvalue weighted by molar-refractivity contribution is 0.346. The highest BCUT2D eigenvalue weighted by atomic mass is 32.2. The molecule has 1 saturated heterocycles. The summed E-state index contributed by atoms with van der Waals surface area (Å²) in [5.74, 6) is 2.48. The zero-order valence-electron chi connectivity index (χ0n) is 12.4. The second-order valence-electron chi connectivity index (χ2n) is 5.77. The SMILES string of the molecule is CCCNC(c1cccc2c1OCC2)C1CCCCS1. The molecular weight excluding hydrogens is 266 g/mol. The van der Waals surface area contributed by atoms with Crippen molar-refractivity contribution in [2.24, 2.45) is 0 Å². The van der Waals surface area contributed by atoms with Crippen LogP contribution in [-0.4, -0.2) is 24.2 Å². The van der Waals surface area contributed by atoms with Crippen molar-refractivity contribution < 1.29 is 4.74 Å². The van der Waals surface area contributed by atoms with Crippen LogP contribution in [0.1, 0.15) is 49.8 Å². The summed E-state index contributed by atoms with van der Waals surface area (Å²) in [5.41, 5.74) is 2.79. The number of hydrogen-bond acceptors (Lipinski definition) is 3. The molecule has 1 fully saturated rings. The van der Waals surface area contributed by atoms with Gasteiger partial charge in [-0.1, -0.05) is 31.5 Å². The van der Waals surface area contributed by atoms with Crippen molar-refractivity contribution in [2.45, 2.75) is 50.3 Å². The average Bonchev–Trinajstić information content (AvgIpc) is 2.98. The standard InChI is InChI=1S/C17H25NOS/c1-2-10-18-16(15-8-3-4-12-20-15)14-7-5-6-13-9-11-19-17(13)14/h5-7,15-16,18H,2-4,8-12H2,1H3. The summed E-state index contributed by atoms with van der Waals surface area (Å²) >= 11 is 2.14. The quantitative estimate of drug-likeness (QED) is 0.887. The number of para-hydroxylation sites is 1. The molecule has 0 aliphatic carbocycles. The molecule has 0 saturated carbocycles. The van der Waals surface area contributed by atoms with Crippen molar-refractivity contribution in [3.05, 3.63) is 29.3 Å². The lowest BCUT2D eigenvalue weighted by Crippen LogP contribution is -2.32. The third-order valence-corrected chi connectivity index (χ3v) is 5.74. The van der Waals surface area contributed by atoms with Gasteiger partial charge in [0.15, 0.2) is 0 Å². The van der Waals surface area contributed by atoms with Crippen LogP contribution < -0.4 is 10.1 Å². The Morgan fingerprint density at radius 2 is 2.35 bits per heavy atom. The van der Waals surface area contributed by atoms with E-state index in [0.717, 1.165) is 19.6 Å². The maximum Gasteiger partial charge on any atom is 0.127 e. The van der Waals surface area contributed by atoms with Crippen LogP contribution in [0.4, 0.5) is 0 Å². The molecule has 20 heavy (non-hydrogen) atoms. The molecule has 2 aliphatic rings. The van der Waals surface area contributed by atoms with Gasteiger partial charge in [0.05, 0.1) is 6.61 Å². The molecular formula is C17H25NOS. The minimum Gasteiger partial charge on any atom is -0.493 e. The molecule has 2 heterocycles. The number of rotatable bonds is 5. The molecule has 1 aromatic rings. The molecule has 2 atom stereocenters. The van der Waals surface area contributed by atoms with Crippen molar-refractivity contribution >= 4 is 11.8 Å². The summed E-state index contributed by atoms with van der Waals surface area (Å²) in [4.78, 5) is 0. The van der Waals surface area contributed by atoms with E-state index in [1.165, 1.54) is 48.3 Å². The topological polar surface area (TPSA) is 21.3 Å². The normalized spacial score (nSPS) is 23.1. The van der Waals surface area contributed by atoms with Crippen molar-refractivity contribution in [2.75, 3.05) is 18.9 Å². The molecule has 0 aromatic heterocycles. The molecule has 1 aromatic carbocycles. The highest BCUT2D eigenvalue weighted by molar-refractivity contribution is 8.00. The van der Waals surface area contributed by atoms with Crippen molar-refractivity contribution in [3.8, 4) is 5.75 Å². The van der Waals surface area contributed by atoms with Crippen LogP contribution in [0.2, 0.25) is 0 Å². The first-order valence-corrected chi connectivity index (χ1v) is 9.04. The predicted octanol–water partition coefficient (Wildman–Crippen LogP) is 3.95. The van der Waals surface area contributed by atoms with Gasteiger partial charge in [0.25, 0.3) is 0 Å². The Hall–Kier alpha value is -0.670. The highest BCUT2D eigenvalue weighted by Crippen LogP contribution is 2.40. The molecule has 3 heteroatoms. The number of fused-ring (bicyclic) bond motifs is 1. The molecule has 0 spiro atoms. The van der Waals surface area contributed by atoms with E-state index >= 15 is 0 Å². The zero-order chi connectivity index (χ0) is 13.8. The zero-order valence-corrected chi connectivity index (χ0v) is 13.2. The Bertz CT molecular complexity index is 443. The first-order valence-electron chi connectivity index (χ1n) is 7.99. The molecule has 0 amide bonds. The van der Waals surface area contributed by atoms with E-state index in [1.807, 2.05) is 0 Å². The largest absolute Gasteiger partial charge is 0.493 e. The predicted molar refractivity (Wildman–Crippen MR) is 86.8 cm³/mol. The maximum absolute atomic E-state index is 5.93. The Labute approximate surface area is 126 Å². The Morgan fingerprint density at radius 3 is 3.15 bits per heavy atom. The summed E-state index contributed by atoms with van der Waals surface area (Å²) in [6, 6.07) is 7.15. The lowest BCUT2D eigenvalue weighted by Gasteiger charge is -2.31. The Balaban J connectivity index is 1.86. The van der Waals surface area contributed by atoms with E-state index in [-0.39, 0.29) is 0 Å². The van der Waals surface area contributed by atoms with Crippen LogP contribution in [0.15, 0.2) is 18.2 Å². The third-order valence-electron chi connectivity index (χ3n) is 4.28. The smallest absolute Gasteiger partial charge is 0.127 e. The van der Waals surface area contributed by atoms with Gasteiger partial charge in [-0.25, -0.2) is 0 Å². The van der Waals surface area contributed by atoms with Gasteiger partial charge in [-0.05, 0) is 37.1 Å². The first-order chi connectivity index (χ1) is 9.90. The summed E-state index contributed by atoms with van der Waals surface area (Å²) in [6.07, 6.45) is 6.34. The van der Waals surface area contributed by atoms with Crippen LogP contribution in [0, 0.1) is 0 Å². The van der Waals surface area contributed by atoms with Gasteiger partial charge in [-0.2, -0.15) is 11.8 Å². The fourth-order valence-electron chi connectivity index (χ4n) is 3.26. The summed E-state index contributed by atoms with van der Waals surface area (Å²) < 4.78 is 5.93. The summed E-state index contributed by atoms with van der Waals surface area (Å²) in [5, 5.41) is 4.48. The van der Waals surface area contributed by atoms with Crippen LogP contribution in [0.25, 0.3) is 0 Å². The third kappa shape index (κ3) is 2.99. The van der Waals surface area contributed by atoms with Gasteiger partial charge in [-0.3, -0.25) is 0 Å². The van der Waals surface area contributed by atoms with Gasteiger partial charge in [0, 0.05) is 23.3 Å². The molecule has 2 aliphatic heterocycles. The second kappa shape index (κ2) is 6.86. The molecule has 3 rings (SSSR count). The fourth-order valence-corrected chi connectivity index (χ4v) is 4.70. The number of nitrogens with one attached hydrogen (secondary N) is 1. The monoisotopic (exact) mass is 291 g/mol. The van der Waals surface area contributed by atoms with E-state index in [4.69, 9.17) is 4.74 Å². The highest BCUT2D eigenvalue weighted by Gasteiger charge is 2.29. The number of thioether (sulfide) groups is 1. The average molecular weight is 291 g/mol. The summed E-state index contributed by atoms with van der Waals surface area (Å²) in [7, 11) is 0. The van der Waals surface area contributed by atoms with E-state index in [2.05, 4.69) is 42.2 Å². The molecule has 0 radical (unpaired) electrons. The van der Waals surface area contributed by atoms with Gasteiger partial charge in [0.2, 0.25) is 0 Å². The minimum atomic E-state index is 0.452. The first kappa shape index (κ1) is 14.3. The molecule has 2 nitrogen and oxygen atoms in total. The van der Waals surface area contributed by atoms with E-state index in [0.29, 0.717) is 11.3 Å². The van der Waals surface area contributed by atoms with E-state index in [1.54, 1.807) is 0 Å². The Kier molecular flexibility index (Phi) is 4.90. The minimum absolute atomic E-state index is 0.452. The number of benzene rings is 1. The van der Waals surface area contributed by atoms with Crippen LogP contribution in [0.5, 0.6) is 5.75 Å². The van der Waals surface area contributed by atoms with Gasteiger partial charge in [-0.15, -0.1) is 0 Å². The fraction of sp³-hybridized carbons (Fsp3) is 0.647. The van der Waals surface area contributed by atoms with Gasteiger partial charge >= 0.3 is 0 Å². The van der Waals surface area contributed by atoms with E-state index in [9.17, 15) is 0 Å². The van der Waals surface area contributed by atoms with Crippen molar-refractivity contribution in [1.29, 1.82) is 0 Å². The maximum atomic E-state index is 5.93. The van der Waals surface area contributed by atoms with Crippen molar-refractivity contribution in [1.82, 2.24) is 5.32 Å². The molecule has 110 valence electrons. The Morgan fingerprint density at radius 1 is 1.40 bits per heavy atom. The molecule has 2 unspecified atom stereocenters. The lowest BCUT2D eigenvalue weighted by atomic mass is 9.96. The van der Waals surface area contributed by atoms with Crippen molar-refractivity contribution in [3.63, 3.8) is 0 Å². The van der Waals surface area contributed by atoms with Gasteiger partial charge in [0.1, 0.15) is 5.75 Å². The number of ether oxygens (including phenoxy) is 1. The summed E-state index contributed by atoms with van der Waals surface area (Å²) in [6.45, 7) is 4.18. The van der Waals surface area contributed by atoms with E-state index < -0.39 is 0 Å².